The summed E-state index contributed by atoms with van der Waals surface area (Å²) in [6.07, 6.45) is 1.52. The second-order valence-electron chi connectivity index (χ2n) is 30.3. The molecule has 668 valence electrons. The Morgan fingerprint density at radius 1 is 0.450 bits per heavy atom. The van der Waals surface area contributed by atoms with Gasteiger partial charge in [-0.3, -0.25) is 77.1 Å². The van der Waals surface area contributed by atoms with E-state index in [1.165, 1.54) is 24.3 Å². The third-order valence-corrected chi connectivity index (χ3v) is 19.5. The van der Waals surface area contributed by atoms with Gasteiger partial charge in [-0.1, -0.05) is 78.3 Å². The first kappa shape index (κ1) is 102. The fraction of sp³-hybridized carbons (Fsp3) is 0.603. The standard InChI is InChI=1S/C78H128N24O18/c1-7-44(6)64(102-69(112)54(24-17-35-89-78(86)87)95-70(113)56(36-42(2)3)98-71(114)57(37-45-25-27-47(103)28-26-45)99-72(115)58(97-65(108)49(82)29-30-60(83)104)38-46-40-90-50-19-9-8-18-48(46)50)75(118)100-59(39-62(106)107)73(116)94-53(21-11-14-32-80)67(110)93-51(23-16-34-88-77(84)85)66(109)91-41-61(105)92-52(20-10-13-31-79)68(111)101-63(43(4)5)74(117)96-55(76(119)120)22-12-15-33-81/h8-9,18-19,25-28,40,42-44,49,51-59,63-64,90,103H,7,10-17,20-24,29-39,41,79-82H2,1-6H3,(H2,83,104)(H,91,109)(H,92,105)(H,93,110)(H,94,116)(H,95,113)(H,96,117)(H,97,108)(H,98,114)(H,99,115)(H,100,118)(H,101,111)(H,102,112)(H,106,107)(H,119,120)(H4,84,85,88)(H4,86,87,89)/t44-,49-,51-,52-,53-,54-,55-,56-,57-,58-,59-,63-,64-/m0/s1. The first-order chi connectivity index (χ1) is 56.8. The van der Waals surface area contributed by atoms with Crippen LogP contribution in [0.15, 0.2) is 64.7 Å². The second-order valence-corrected chi connectivity index (χ2v) is 30.3. The third kappa shape index (κ3) is 38.3. The van der Waals surface area contributed by atoms with E-state index in [2.05, 4.69) is 78.8 Å². The average Bonchev–Trinajstić information content (AvgIpc) is 1.58. The first-order valence-corrected chi connectivity index (χ1v) is 40.5. The highest BCUT2D eigenvalue weighted by Gasteiger charge is 2.39. The summed E-state index contributed by atoms with van der Waals surface area (Å²) >= 11 is 0. The van der Waals surface area contributed by atoms with Crippen LogP contribution >= 0.6 is 0 Å². The van der Waals surface area contributed by atoms with Gasteiger partial charge in [-0.05, 0) is 163 Å². The van der Waals surface area contributed by atoms with Crippen molar-refractivity contribution < 1.29 is 87.2 Å². The minimum atomic E-state index is -1.98. The van der Waals surface area contributed by atoms with Crippen LogP contribution in [-0.4, -0.2) is 233 Å². The van der Waals surface area contributed by atoms with Crippen LogP contribution in [0, 0.1) is 17.8 Å². The van der Waals surface area contributed by atoms with Crippen LogP contribution in [-0.2, 0) is 84.8 Å². The maximum Gasteiger partial charge on any atom is 0.326 e. The molecule has 42 heteroatoms. The molecule has 0 bridgehead atoms. The number of amides is 13. The normalized spacial score (nSPS) is 14.4. The minimum absolute atomic E-state index is 0.0147. The van der Waals surface area contributed by atoms with Crippen LogP contribution in [0.25, 0.3) is 10.9 Å². The van der Waals surface area contributed by atoms with Gasteiger partial charge < -0.3 is 136 Å². The van der Waals surface area contributed by atoms with Crippen molar-refractivity contribution in [1.82, 2.24) is 68.8 Å². The summed E-state index contributed by atoms with van der Waals surface area (Å²) in [5.41, 5.74) is 52.7. The number of carboxylic acid groups (broad SMARTS) is 2. The molecule has 0 aliphatic heterocycles. The van der Waals surface area contributed by atoms with Gasteiger partial charge in [0.05, 0.1) is 19.0 Å². The zero-order chi connectivity index (χ0) is 89.7. The Hall–Kier alpha value is -11.8. The fourth-order valence-corrected chi connectivity index (χ4v) is 12.6. The highest BCUT2D eigenvalue weighted by atomic mass is 16.4. The summed E-state index contributed by atoms with van der Waals surface area (Å²) in [6.45, 7) is 9.67. The van der Waals surface area contributed by atoms with Gasteiger partial charge in [0.25, 0.3) is 0 Å². The van der Waals surface area contributed by atoms with E-state index in [-0.39, 0.29) is 140 Å². The largest absolute Gasteiger partial charge is 0.508 e. The summed E-state index contributed by atoms with van der Waals surface area (Å²) in [5, 5.41) is 61.9. The number of H-pyrrole nitrogens is 1. The molecule has 34 N–H and O–H groups in total. The average molecular weight is 1690 g/mol. The van der Waals surface area contributed by atoms with Gasteiger partial charge in [-0.15, -0.1) is 0 Å². The number of carboxylic acids is 2. The van der Waals surface area contributed by atoms with Crippen molar-refractivity contribution in [2.75, 3.05) is 39.3 Å². The van der Waals surface area contributed by atoms with Crippen LogP contribution in [0.3, 0.4) is 0 Å². The predicted octanol–water partition coefficient (Wildman–Crippen LogP) is -4.50. The number of phenolic OH excluding ortho intramolecular Hbond substituents is 1. The molecule has 42 nitrogen and oxygen atoms in total. The molecular formula is C78H128N24O18. The van der Waals surface area contributed by atoms with Crippen molar-refractivity contribution >= 4 is 112 Å². The number of para-hydroxylation sites is 1. The number of primary amides is 1. The third-order valence-electron chi connectivity index (χ3n) is 19.5. The topological polar surface area (TPSA) is 736 Å². The molecule has 2 aromatic carbocycles. The van der Waals surface area contributed by atoms with Crippen molar-refractivity contribution in [2.24, 2.45) is 79.3 Å². The molecule has 120 heavy (non-hydrogen) atoms. The van der Waals surface area contributed by atoms with E-state index in [0.29, 0.717) is 60.7 Å². The molecule has 1 heterocycles. The molecule has 0 aliphatic carbocycles. The van der Waals surface area contributed by atoms with E-state index in [1.807, 2.05) is 0 Å². The summed E-state index contributed by atoms with van der Waals surface area (Å²) in [7, 11) is 0. The number of guanidine groups is 2. The van der Waals surface area contributed by atoms with E-state index >= 15 is 0 Å². The lowest BCUT2D eigenvalue weighted by atomic mass is 9.96. The molecular weight excluding hydrogens is 1560 g/mol. The van der Waals surface area contributed by atoms with Crippen molar-refractivity contribution in [3.8, 4) is 5.75 Å². The number of aromatic amines is 1. The molecule has 0 fully saturated rings. The number of aliphatic imine (C=N–C) groups is 2. The number of phenols is 1. The lowest BCUT2D eigenvalue weighted by Gasteiger charge is -2.30. The number of aromatic hydroxyl groups is 1. The van der Waals surface area contributed by atoms with Crippen LogP contribution in [0.4, 0.5) is 0 Å². The van der Waals surface area contributed by atoms with Crippen LogP contribution in [0.5, 0.6) is 5.75 Å². The number of rotatable bonds is 59. The van der Waals surface area contributed by atoms with Crippen LogP contribution < -0.4 is 115 Å². The Morgan fingerprint density at radius 2 is 0.875 bits per heavy atom. The van der Waals surface area contributed by atoms with Gasteiger partial charge in [-0.2, -0.15) is 0 Å². The molecule has 3 aromatic rings. The number of nitrogens with zero attached hydrogens (tertiary/aromatic N) is 2. The highest BCUT2D eigenvalue weighted by Crippen LogP contribution is 2.22. The molecule has 0 spiro atoms. The van der Waals surface area contributed by atoms with E-state index in [4.69, 9.17) is 51.6 Å². The molecule has 0 saturated carbocycles. The number of aromatic nitrogens is 1. The fourth-order valence-electron chi connectivity index (χ4n) is 12.6. The summed E-state index contributed by atoms with van der Waals surface area (Å²) in [4.78, 5) is 220. The second kappa shape index (κ2) is 54.3. The van der Waals surface area contributed by atoms with E-state index in [1.54, 1.807) is 72.0 Å². The number of hydrogen-bond donors (Lipinski definition) is 25. The van der Waals surface area contributed by atoms with Gasteiger partial charge >= 0.3 is 11.9 Å². The van der Waals surface area contributed by atoms with Crippen molar-refractivity contribution in [1.29, 1.82) is 0 Å². The molecule has 13 atom stereocenters. The Balaban J connectivity index is 1.99. The van der Waals surface area contributed by atoms with E-state index < -0.39 is 186 Å². The number of carbonyl (C=O) groups excluding carboxylic acids is 13. The summed E-state index contributed by atoms with van der Waals surface area (Å²) in [5.74, 6) is -17.3. The van der Waals surface area contributed by atoms with Gasteiger partial charge in [0.15, 0.2) is 11.9 Å². The molecule has 0 unspecified atom stereocenters. The Kier molecular flexibility index (Phi) is 46.4. The molecule has 13 amide bonds. The van der Waals surface area contributed by atoms with E-state index in [9.17, 15) is 87.2 Å². The molecule has 0 aliphatic rings. The number of fused-ring (bicyclic) bond motifs is 1. The lowest BCUT2D eigenvalue weighted by Crippen LogP contribution is -2.61. The SMILES string of the molecule is CC[C@H](C)[C@H](NC(=O)[C@H](CCCN=C(N)N)NC(=O)[C@H](CC(C)C)NC(=O)[C@H](Cc1ccc(O)cc1)NC(=O)[C@H](Cc1c[nH]c2ccccc12)NC(=O)[C@@H](N)CCC(N)=O)C(=O)N[C@@H](CC(=O)O)C(=O)N[C@@H](CCCCN)C(=O)N[C@@H](CCCN=C(N)N)C(=O)NCC(=O)N[C@@H](CCCCN)C(=O)N[C@H](C(=O)N[C@@H](CCCCN)C(=O)O)C(C)C. The predicted molar refractivity (Wildman–Crippen MR) is 447 cm³/mol. The number of hydrogen-bond acceptors (Lipinski definition) is 22. The number of unbranched alkanes of at least 4 members (excludes halogenated alkanes) is 3. The Morgan fingerprint density at radius 3 is 1.38 bits per heavy atom. The lowest BCUT2D eigenvalue weighted by molar-refractivity contribution is -0.143. The molecule has 3 rings (SSSR count). The molecule has 0 saturated heterocycles. The number of benzene rings is 2. The van der Waals surface area contributed by atoms with E-state index in [0.717, 1.165) is 0 Å². The quantitative estimate of drug-likeness (QED) is 0.0144. The number of nitrogens with one attached hydrogen (secondary N) is 13. The Labute approximate surface area is 697 Å². The monoisotopic (exact) mass is 1690 g/mol. The molecule has 1 aromatic heterocycles. The van der Waals surface area contributed by atoms with Gasteiger partial charge in [0, 0.05) is 49.5 Å². The van der Waals surface area contributed by atoms with Gasteiger partial charge in [0.2, 0.25) is 76.8 Å². The molecule has 0 radical (unpaired) electrons. The highest BCUT2D eigenvalue weighted by molar-refractivity contribution is 6.00. The number of aliphatic carboxylic acids is 2. The summed E-state index contributed by atoms with van der Waals surface area (Å²) in [6, 6.07) is -4.88. The van der Waals surface area contributed by atoms with Gasteiger partial charge in [0.1, 0.15) is 72.2 Å². The van der Waals surface area contributed by atoms with Crippen molar-refractivity contribution in [2.45, 2.75) is 242 Å². The number of carbonyl (C=O) groups is 15. The zero-order valence-corrected chi connectivity index (χ0v) is 69.3. The van der Waals surface area contributed by atoms with Crippen molar-refractivity contribution in [3.63, 3.8) is 0 Å². The maximum absolute atomic E-state index is 14.9. The Bertz CT molecular complexity index is 3930. The maximum atomic E-state index is 14.9. The minimum Gasteiger partial charge on any atom is -0.508 e. The zero-order valence-electron chi connectivity index (χ0n) is 69.3. The smallest absolute Gasteiger partial charge is 0.326 e. The number of nitrogens with two attached hydrogens (primary N) is 9. The van der Waals surface area contributed by atoms with Gasteiger partial charge in [-0.25, -0.2) is 4.79 Å². The summed E-state index contributed by atoms with van der Waals surface area (Å²) < 4.78 is 0. The van der Waals surface area contributed by atoms with Crippen LogP contribution in [0.2, 0.25) is 0 Å². The first-order valence-electron chi connectivity index (χ1n) is 40.5. The van der Waals surface area contributed by atoms with Crippen LogP contribution in [0.1, 0.15) is 168 Å². The van der Waals surface area contributed by atoms with Crippen molar-refractivity contribution in [3.05, 3.63) is 65.9 Å².